The summed E-state index contributed by atoms with van der Waals surface area (Å²) in [4.78, 5) is 18.1. The maximum atomic E-state index is 12.7. The van der Waals surface area contributed by atoms with Gasteiger partial charge in [0.05, 0.1) is 0 Å². The van der Waals surface area contributed by atoms with E-state index >= 15 is 0 Å². The molecule has 6 nitrogen and oxygen atoms in total. The molecule has 2 heterocycles. The molecular weight excluding hydrogens is 510 g/mol. The lowest BCUT2D eigenvalue weighted by Crippen LogP contribution is -2.55. The molecule has 3 aliphatic rings. The maximum Gasteiger partial charge on any atom is 0.251 e. The van der Waals surface area contributed by atoms with Crippen molar-refractivity contribution in [2.24, 2.45) is 0 Å². The van der Waals surface area contributed by atoms with Gasteiger partial charge >= 0.3 is 0 Å². The van der Waals surface area contributed by atoms with Gasteiger partial charge in [-0.2, -0.15) is 0 Å². The molecule has 1 amide bonds. The number of nitrogens with zero attached hydrogens (tertiary/aromatic N) is 2. The number of carbonyl (C=O) groups excluding carboxylic acids is 1. The van der Waals surface area contributed by atoms with Crippen LogP contribution in [0.2, 0.25) is 0 Å². The summed E-state index contributed by atoms with van der Waals surface area (Å²) in [6, 6.07) is 22.7. The van der Waals surface area contributed by atoms with Gasteiger partial charge in [-0.15, -0.1) is 0 Å². The summed E-state index contributed by atoms with van der Waals surface area (Å²) in [5.41, 5.74) is 7.45. The Kier molecular flexibility index (Phi) is 8.31. The molecule has 2 unspecified atom stereocenters. The van der Waals surface area contributed by atoms with Crippen LogP contribution in [0.3, 0.4) is 0 Å². The Morgan fingerprint density at radius 1 is 1.02 bits per heavy atom. The number of aryl methyl sites for hydroxylation is 2. The second-order valence-corrected chi connectivity index (χ2v) is 12.0. The molecule has 6 heteroatoms. The molecule has 0 bridgehead atoms. The van der Waals surface area contributed by atoms with Crippen molar-refractivity contribution in [1.29, 1.82) is 0 Å². The molecule has 1 saturated heterocycles. The molecule has 1 aliphatic carbocycles. The van der Waals surface area contributed by atoms with E-state index in [-0.39, 0.29) is 5.91 Å². The van der Waals surface area contributed by atoms with E-state index in [0.717, 1.165) is 67.9 Å². The number of amides is 1. The normalized spacial score (nSPS) is 21.0. The van der Waals surface area contributed by atoms with Crippen molar-refractivity contribution < 1.29 is 14.3 Å². The Labute approximate surface area is 244 Å². The average Bonchev–Trinajstić information content (AvgIpc) is 3.62. The third-order valence-corrected chi connectivity index (χ3v) is 9.35. The zero-order valence-corrected chi connectivity index (χ0v) is 24.7. The van der Waals surface area contributed by atoms with Gasteiger partial charge in [0.15, 0.2) is 11.5 Å². The maximum absolute atomic E-state index is 12.7. The van der Waals surface area contributed by atoms with Gasteiger partial charge in [0.1, 0.15) is 0 Å². The highest BCUT2D eigenvalue weighted by atomic mass is 16.7. The van der Waals surface area contributed by atoms with Crippen molar-refractivity contribution in [3.63, 3.8) is 0 Å². The topological polar surface area (TPSA) is 54.0 Å². The first-order valence-electron chi connectivity index (χ1n) is 15.3. The third-order valence-electron chi connectivity index (χ3n) is 9.35. The van der Waals surface area contributed by atoms with E-state index in [1.165, 1.54) is 28.7 Å². The Hall–Kier alpha value is -3.35. The number of nitrogens with one attached hydrogen (secondary N) is 1. The van der Waals surface area contributed by atoms with Crippen molar-refractivity contribution in [3.8, 4) is 11.5 Å². The van der Waals surface area contributed by atoms with Gasteiger partial charge in [-0.1, -0.05) is 49.4 Å². The summed E-state index contributed by atoms with van der Waals surface area (Å²) in [5.74, 6) is 1.74. The molecule has 2 aliphatic heterocycles. The Morgan fingerprint density at radius 2 is 1.83 bits per heavy atom. The predicted molar refractivity (Wildman–Crippen MR) is 163 cm³/mol. The predicted octanol–water partition coefficient (Wildman–Crippen LogP) is 5.91. The highest BCUT2D eigenvalue weighted by Gasteiger charge is 2.35. The third kappa shape index (κ3) is 6.00. The average molecular weight is 554 g/mol. The van der Waals surface area contributed by atoms with E-state index < -0.39 is 0 Å². The van der Waals surface area contributed by atoms with Crippen LogP contribution >= 0.6 is 0 Å². The van der Waals surface area contributed by atoms with Crippen LogP contribution in [0.25, 0.3) is 0 Å². The van der Waals surface area contributed by atoms with Crippen LogP contribution in [0.1, 0.15) is 77.3 Å². The summed E-state index contributed by atoms with van der Waals surface area (Å²) in [6.07, 6.45) is 5.35. The van der Waals surface area contributed by atoms with E-state index in [1.54, 1.807) is 0 Å². The first-order chi connectivity index (χ1) is 20.0. The molecule has 0 saturated carbocycles. The molecular formula is C35H43N3O3. The van der Waals surface area contributed by atoms with Crippen LogP contribution in [-0.4, -0.2) is 60.8 Å². The van der Waals surface area contributed by atoms with E-state index in [4.69, 9.17) is 9.47 Å². The number of rotatable bonds is 9. The summed E-state index contributed by atoms with van der Waals surface area (Å²) in [5, 5.41) is 3.16. The van der Waals surface area contributed by atoms with Crippen molar-refractivity contribution in [2.75, 3.05) is 33.0 Å². The molecule has 0 radical (unpaired) electrons. The minimum atomic E-state index is 0.0371. The quantitative estimate of drug-likeness (QED) is 0.357. The molecule has 0 spiro atoms. The van der Waals surface area contributed by atoms with E-state index in [2.05, 4.69) is 59.3 Å². The zero-order valence-electron chi connectivity index (χ0n) is 24.7. The first kappa shape index (κ1) is 27.8. The summed E-state index contributed by atoms with van der Waals surface area (Å²) >= 11 is 0. The SMILES string of the molecule is CCC(CCNC(=O)c1ccccc1C)N1CCN(C2CCc3cc(Cc4ccc5c(c4)OCO5)ccc32)[C@H](C)C1. The van der Waals surface area contributed by atoms with Crippen LogP contribution in [0.15, 0.2) is 60.7 Å². The molecule has 3 aromatic carbocycles. The summed E-state index contributed by atoms with van der Waals surface area (Å²) in [7, 11) is 0. The van der Waals surface area contributed by atoms with Gasteiger partial charge < -0.3 is 14.8 Å². The Morgan fingerprint density at radius 3 is 2.66 bits per heavy atom. The fraction of sp³-hybridized carbons (Fsp3) is 0.457. The van der Waals surface area contributed by atoms with Gasteiger partial charge in [-0.05, 0) is 92.0 Å². The minimum absolute atomic E-state index is 0.0371. The Balaban J connectivity index is 1.03. The van der Waals surface area contributed by atoms with Gasteiger partial charge in [-0.25, -0.2) is 0 Å². The Bertz CT molecular complexity index is 1390. The fourth-order valence-corrected chi connectivity index (χ4v) is 7.10. The highest BCUT2D eigenvalue weighted by molar-refractivity contribution is 5.95. The second-order valence-electron chi connectivity index (χ2n) is 12.0. The molecule has 41 heavy (non-hydrogen) atoms. The number of piperazine rings is 1. The molecule has 6 rings (SSSR count). The number of ether oxygens (including phenoxy) is 2. The summed E-state index contributed by atoms with van der Waals surface area (Å²) in [6.45, 7) is 11.0. The molecule has 216 valence electrons. The first-order valence-corrected chi connectivity index (χ1v) is 15.3. The zero-order chi connectivity index (χ0) is 28.3. The van der Waals surface area contributed by atoms with Crippen molar-refractivity contribution >= 4 is 5.91 Å². The number of fused-ring (bicyclic) bond motifs is 2. The smallest absolute Gasteiger partial charge is 0.251 e. The number of benzene rings is 3. The van der Waals surface area contributed by atoms with Crippen LogP contribution in [0, 0.1) is 6.92 Å². The number of hydrogen-bond acceptors (Lipinski definition) is 5. The standard InChI is InChI=1S/C35H43N3O3/c1-4-29(15-16-36-35(39)30-8-6-5-7-24(30)2)37-17-18-38(25(3)22-37)32-13-11-28-20-26(9-12-31(28)32)19-27-10-14-33-34(21-27)41-23-40-33/h5-10,12,14,20-21,25,29,32H,4,11,13,15-19,22-23H2,1-3H3,(H,36,39)/t25-,29?,32?/m1/s1. The van der Waals surface area contributed by atoms with E-state index in [1.807, 2.05) is 37.3 Å². The van der Waals surface area contributed by atoms with Crippen LogP contribution in [0.5, 0.6) is 11.5 Å². The number of hydrogen-bond donors (Lipinski definition) is 1. The van der Waals surface area contributed by atoms with Crippen LogP contribution in [-0.2, 0) is 12.8 Å². The van der Waals surface area contributed by atoms with E-state index in [0.29, 0.717) is 31.5 Å². The summed E-state index contributed by atoms with van der Waals surface area (Å²) < 4.78 is 11.0. The lowest BCUT2D eigenvalue weighted by molar-refractivity contribution is 0.0243. The van der Waals surface area contributed by atoms with Gasteiger partial charge in [0.2, 0.25) is 6.79 Å². The van der Waals surface area contributed by atoms with Crippen molar-refractivity contribution in [2.45, 2.75) is 71.0 Å². The lowest BCUT2D eigenvalue weighted by atomic mass is 9.98. The monoisotopic (exact) mass is 553 g/mol. The van der Waals surface area contributed by atoms with Crippen LogP contribution < -0.4 is 14.8 Å². The molecule has 3 aromatic rings. The second kappa shape index (κ2) is 12.3. The lowest BCUT2D eigenvalue weighted by Gasteiger charge is -2.46. The fourth-order valence-electron chi connectivity index (χ4n) is 7.10. The van der Waals surface area contributed by atoms with Crippen molar-refractivity contribution in [3.05, 3.63) is 94.0 Å². The van der Waals surface area contributed by atoms with Crippen molar-refractivity contribution in [1.82, 2.24) is 15.1 Å². The largest absolute Gasteiger partial charge is 0.454 e. The van der Waals surface area contributed by atoms with Gasteiger partial charge in [0, 0.05) is 49.9 Å². The molecule has 1 N–H and O–H groups in total. The highest BCUT2D eigenvalue weighted by Crippen LogP contribution is 2.39. The van der Waals surface area contributed by atoms with Gasteiger partial charge in [0.25, 0.3) is 5.91 Å². The van der Waals surface area contributed by atoms with E-state index in [9.17, 15) is 4.79 Å². The van der Waals surface area contributed by atoms with Crippen LogP contribution in [0.4, 0.5) is 0 Å². The molecule has 3 atom stereocenters. The number of carbonyl (C=O) groups is 1. The minimum Gasteiger partial charge on any atom is -0.454 e. The van der Waals surface area contributed by atoms with Gasteiger partial charge in [-0.3, -0.25) is 14.6 Å². The molecule has 1 fully saturated rings. The molecule has 0 aromatic heterocycles.